The number of nitrogens with zero attached hydrogens (tertiary/aromatic N) is 2. The van der Waals surface area contributed by atoms with Crippen molar-refractivity contribution in [1.82, 2.24) is 9.47 Å². The maximum Gasteiger partial charge on any atom is 0.224 e. The van der Waals surface area contributed by atoms with E-state index < -0.39 is 0 Å². The van der Waals surface area contributed by atoms with Gasteiger partial charge in [0.15, 0.2) is 0 Å². The first-order valence-electron chi connectivity index (χ1n) is 7.00. The van der Waals surface area contributed by atoms with Crippen LogP contribution < -0.4 is 0 Å². The molecule has 0 spiro atoms. The van der Waals surface area contributed by atoms with Gasteiger partial charge < -0.3 is 9.47 Å². The number of carbonyl (C=O) groups is 1. The second kappa shape index (κ2) is 7.24. The minimum absolute atomic E-state index is 0.284. The second-order valence-corrected chi connectivity index (χ2v) is 4.90. The van der Waals surface area contributed by atoms with Crippen LogP contribution in [0, 0.1) is 13.8 Å². The van der Waals surface area contributed by atoms with Crippen LogP contribution in [0.25, 0.3) is 0 Å². The van der Waals surface area contributed by atoms with E-state index in [0.29, 0.717) is 6.42 Å². The van der Waals surface area contributed by atoms with Crippen LogP contribution in [0.15, 0.2) is 12.1 Å². The van der Waals surface area contributed by atoms with Gasteiger partial charge in [0.1, 0.15) is 0 Å². The Hall–Kier alpha value is -1.25. The maximum absolute atomic E-state index is 12.2. The zero-order valence-corrected chi connectivity index (χ0v) is 12.2. The fourth-order valence-electron chi connectivity index (χ4n) is 2.32. The molecule has 102 valence electrons. The van der Waals surface area contributed by atoms with Crippen molar-refractivity contribution in [3.05, 3.63) is 23.5 Å². The van der Waals surface area contributed by atoms with Gasteiger partial charge in [-0.3, -0.25) is 4.79 Å². The largest absolute Gasteiger partial charge is 0.349 e. The van der Waals surface area contributed by atoms with Gasteiger partial charge in [0, 0.05) is 37.4 Å². The maximum atomic E-state index is 12.2. The summed E-state index contributed by atoms with van der Waals surface area (Å²) in [5.74, 6) is 0.284. The molecular weight excluding hydrogens is 224 g/mol. The lowest BCUT2D eigenvalue weighted by molar-refractivity contribution is -0.131. The van der Waals surface area contributed by atoms with Crippen LogP contribution >= 0.6 is 0 Å². The van der Waals surface area contributed by atoms with Crippen molar-refractivity contribution in [3.8, 4) is 0 Å². The van der Waals surface area contributed by atoms with Gasteiger partial charge in [-0.05, 0) is 38.8 Å². The molecular formula is C15H26N2O. The van der Waals surface area contributed by atoms with Crippen molar-refractivity contribution in [2.24, 2.45) is 0 Å². The number of aromatic nitrogens is 1. The summed E-state index contributed by atoms with van der Waals surface area (Å²) in [7, 11) is 0. The van der Waals surface area contributed by atoms with Crippen molar-refractivity contribution in [3.63, 3.8) is 0 Å². The summed E-state index contributed by atoms with van der Waals surface area (Å²) in [6, 6.07) is 4.21. The lowest BCUT2D eigenvalue weighted by Gasteiger charge is -2.22. The minimum Gasteiger partial charge on any atom is -0.349 e. The Morgan fingerprint density at radius 3 is 2.06 bits per heavy atom. The highest BCUT2D eigenvalue weighted by Gasteiger charge is 2.12. The molecule has 18 heavy (non-hydrogen) atoms. The van der Waals surface area contributed by atoms with E-state index in [1.54, 1.807) is 0 Å². The Labute approximate surface area is 111 Å². The first-order chi connectivity index (χ1) is 8.60. The highest BCUT2D eigenvalue weighted by Crippen LogP contribution is 2.09. The standard InChI is InChI=1S/C15H26N2O/c1-5-10-16(11-6-2)15(18)9-12-17-13(3)7-8-14(17)4/h7-8H,5-6,9-12H2,1-4H3. The molecule has 0 saturated carbocycles. The second-order valence-electron chi connectivity index (χ2n) is 4.90. The lowest BCUT2D eigenvalue weighted by Crippen LogP contribution is -2.33. The van der Waals surface area contributed by atoms with Gasteiger partial charge in [0.05, 0.1) is 0 Å². The molecule has 0 aliphatic heterocycles. The highest BCUT2D eigenvalue weighted by atomic mass is 16.2. The fraction of sp³-hybridized carbons (Fsp3) is 0.667. The number of hydrogen-bond donors (Lipinski definition) is 0. The summed E-state index contributed by atoms with van der Waals surface area (Å²) in [5.41, 5.74) is 2.47. The fourth-order valence-corrected chi connectivity index (χ4v) is 2.32. The van der Waals surface area contributed by atoms with Crippen LogP contribution in [0.1, 0.15) is 44.5 Å². The molecule has 0 fully saturated rings. The van der Waals surface area contributed by atoms with Crippen LogP contribution in [0.3, 0.4) is 0 Å². The molecule has 1 aromatic heterocycles. The monoisotopic (exact) mass is 250 g/mol. The van der Waals surface area contributed by atoms with E-state index in [4.69, 9.17) is 0 Å². The lowest BCUT2D eigenvalue weighted by atomic mass is 10.3. The third-order valence-electron chi connectivity index (χ3n) is 3.31. The molecule has 1 amide bonds. The predicted molar refractivity (Wildman–Crippen MR) is 75.7 cm³/mol. The third kappa shape index (κ3) is 3.90. The van der Waals surface area contributed by atoms with Crippen molar-refractivity contribution in [1.29, 1.82) is 0 Å². The summed E-state index contributed by atoms with van der Waals surface area (Å²) in [6.45, 7) is 11.0. The van der Waals surface area contributed by atoms with Gasteiger partial charge in [0.2, 0.25) is 5.91 Å². The van der Waals surface area contributed by atoms with Crippen LogP contribution in [0.5, 0.6) is 0 Å². The molecule has 1 heterocycles. The Morgan fingerprint density at radius 2 is 1.61 bits per heavy atom. The molecule has 0 radical (unpaired) electrons. The van der Waals surface area contributed by atoms with E-state index >= 15 is 0 Å². The van der Waals surface area contributed by atoms with E-state index in [9.17, 15) is 4.79 Å². The van der Waals surface area contributed by atoms with Gasteiger partial charge in [-0.25, -0.2) is 0 Å². The first kappa shape index (κ1) is 14.8. The molecule has 0 aliphatic carbocycles. The van der Waals surface area contributed by atoms with Crippen molar-refractivity contribution in [2.45, 2.75) is 53.5 Å². The van der Waals surface area contributed by atoms with E-state index in [0.717, 1.165) is 32.5 Å². The van der Waals surface area contributed by atoms with Crippen molar-refractivity contribution in [2.75, 3.05) is 13.1 Å². The molecule has 1 rings (SSSR count). The number of amides is 1. The summed E-state index contributed by atoms with van der Waals surface area (Å²) < 4.78 is 2.22. The average Bonchev–Trinajstić information content (AvgIpc) is 2.66. The molecule has 0 aromatic carbocycles. The van der Waals surface area contributed by atoms with Crippen LogP contribution in [0.4, 0.5) is 0 Å². The quantitative estimate of drug-likeness (QED) is 0.730. The summed E-state index contributed by atoms with van der Waals surface area (Å²) in [6.07, 6.45) is 2.68. The van der Waals surface area contributed by atoms with Gasteiger partial charge in [-0.2, -0.15) is 0 Å². The molecule has 0 unspecified atom stereocenters. The molecule has 3 heteroatoms. The topological polar surface area (TPSA) is 25.2 Å². The van der Waals surface area contributed by atoms with Crippen molar-refractivity contribution < 1.29 is 4.79 Å². The molecule has 0 bridgehead atoms. The zero-order valence-electron chi connectivity index (χ0n) is 12.2. The number of rotatable bonds is 7. The van der Waals surface area contributed by atoms with Gasteiger partial charge in [-0.1, -0.05) is 13.8 Å². The van der Waals surface area contributed by atoms with E-state index in [-0.39, 0.29) is 5.91 Å². The Balaban J connectivity index is 2.53. The Kier molecular flexibility index (Phi) is 5.96. The number of hydrogen-bond acceptors (Lipinski definition) is 1. The average molecular weight is 250 g/mol. The molecule has 0 aliphatic rings. The summed E-state index contributed by atoms with van der Waals surface area (Å²) >= 11 is 0. The smallest absolute Gasteiger partial charge is 0.224 e. The van der Waals surface area contributed by atoms with E-state index in [1.807, 2.05) is 4.90 Å². The number of aryl methyl sites for hydroxylation is 2. The molecule has 0 atom stereocenters. The number of carbonyl (C=O) groups excluding carboxylic acids is 1. The Bertz CT molecular complexity index is 356. The van der Waals surface area contributed by atoms with Crippen LogP contribution in [0.2, 0.25) is 0 Å². The summed E-state index contributed by atoms with van der Waals surface area (Å²) in [4.78, 5) is 14.1. The van der Waals surface area contributed by atoms with Gasteiger partial charge in [-0.15, -0.1) is 0 Å². The molecule has 0 saturated heterocycles. The van der Waals surface area contributed by atoms with Gasteiger partial charge in [0.25, 0.3) is 0 Å². The normalized spacial score (nSPS) is 10.7. The predicted octanol–water partition coefficient (Wildman–Crippen LogP) is 3.14. The summed E-state index contributed by atoms with van der Waals surface area (Å²) in [5, 5.41) is 0. The Morgan fingerprint density at radius 1 is 1.11 bits per heavy atom. The minimum atomic E-state index is 0.284. The van der Waals surface area contributed by atoms with Crippen molar-refractivity contribution >= 4 is 5.91 Å². The van der Waals surface area contributed by atoms with E-state index in [2.05, 4.69) is 44.4 Å². The highest BCUT2D eigenvalue weighted by molar-refractivity contribution is 5.76. The van der Waals surface area contributed by atoms with Gasteiger partial charge >= 0.3 is 0 Å². The first-order valence-corrected chi connectivity index (χ1v) is 7.00. The molecule has 3 nitrogen and oxygen atoms in total. The zero-order chi connectivity index (χ0) is 13.5. The van der Waals surface area contributed by atoms with E-state index in [1.165, 1.54) is 11.4 Å². The molecule has 1 aromatic rings. The SMILES string of the molecule is CCCN(CCC)C(=O)CCn1c(C)ccc1C. The third-order valence-corrected chi connectivity index (χ3v) is 3.31. The van der Waals surface area contributed by atoms with Crippen LogP contribution in [-0.2, 0) is 11.3 Å². The molecule has 0 N–H and O–H groups in total. The van der Waals surface area contributed by atoms with Crippen LogP contribution in [-0.4, -0.2) is 28.5 Å².